The maximum Gasteiger partial charge on any atom is 0.121 e. The van der Waals surface area contributed by atoms with Crippen LogP contribution in [0, 0.1) is 0 Å². The fraction of sp³-hybridized carbons (Fsp3) is 0.571. The molecule has 0 aliphatic rings. The number of benzene rings is 1. The minimum Gasteiger partial charge on any atom is -0.492 e. The maximum absolute atomic E-state index is 5.70. The molecule has 1 aromatic rings. The van der Waals surface area contributed by atoms with Gasteiger partial charge in [-0.05, 0) is 44.5 Å². The average Bonchev–Trinajstić information content (AvgIpc) is 2.35. The Balaban J connectivity index is 2.24. The second kappa shape index (κ2) is 8.27. The van der Waals surface area contributed by atoms with Crippen LogP contribution in [0.3, 0.4) is 0 Å². The molecule has 2 N–H and O–H groups in total. The SMILES string of the molecule is CSCCC(C)N(C)CCOc1cccc(N)c1. The first-order valence-corrected chi connectivity index (χ1v) is 7.70. The van der Waals surface area contributed by atoms with Gasteiger partial charge in [-0.3, -0.25) is 0 Å². The molecule has 3 nitrogen and oxygen atoms in total. The summed E-state index contributed by atoms with van der Waals surface area (Å²) in [6.45, 7) is 3.89. The highest BCUT2D eigenvalue weighted by Gasteiger charge is 2.08. The van der Waals surface area contributed by atoms with E-state index in [1.165, 1.54) is 12.2 Å². The molecule has 0 aromatic heterocycles. The van der Waals surface area contributed by atoms with Crippen LogP contribution in [-0.2, 0) is 0 Å². The van der Waals surface area contributed by atoms with Gasteiger partial charge in [0, 0.05) is 24.3 Å². The standard InChI is InChI=1S/C14H24N2OS/c1-12(7-10-18-3)16(2)8-9-17-14-6-4-5-13(15)11-14/h4-6,11-12H,7-10,15H2,1-3H3. The monoisotopic (exact) mass is 268 g/mol. The van der Waals surface area contributed by atoms with Crippen molar-refractivity contribution in [1.82, 2.24) is 4.90 Å². The van der Waals surface area contributed by atoms with Crippen molar-refractivity contribution < 1.29 is 4.74 Å². The minimum atomic E-state index is 0.599. The molecule has 0 saturated carbocycles. The number of nitrogens with two attached hydrogens (primary N) is 1. The normalized spacial score (nSPS) is 12.7. The third kappa shape index (κ3) is 5.65. The number of nitrogen functional groups attached to an aromatic ring is 1. The largest absolute Gasteiger partial charge is 0.492 e. The van der Waals surface area contributed by atoms with Crippen LogP contribution in [0.4, 0.5) is 5.69 Å². The highest BCUT2D eigenvalue weighted by Crippen LogP contribution is 2.14. The summed E-state index contributed by atoms with van der Waals surface area (Å²) in [7, 11) is 2.15. The van der Waals surface area contributed by atoms with E-state index < -0.39 is 0 Å². The van der Waals surface area contributed by atoms with Crippen molar-refractivity contribution in [2.24, 2.45) is 0 Å². The number of anilines is 1. The number of rotatable bonds is 8. The molecule has 0 aliphatic carbocycles. The summed E-state index contributed by atoms with van der Waals surface area (Å²) in [6.07, 6.45) is 3.37. The summed E-state index contributed by atoms with van der Waals surface area (Å²) < 4.78 is 5.69. The molecule has 0 amide bonds. The summed E-state index contributed by atoms with van der Waals surface area (Å²) >= 11 is 1.90. The van der Waals surface area contributed by atoms with E-state index in [0.717, 1.165) is 18.0 Å². The molecular formula is C14H24N2OS. The topological polar surface area (TPSA) is 38.5 Å². The Kier molecular flexibility index (Phi) is 6.98. The van der Waals surface area contributed by atoms with Gasteiger partial charge in [0.25, 0.3) is 0 Å². The summed E-state index contributed by atoms with van der Waals surface area (Å²) in [5.41, 5.74) is 6.45. The van der Waals surface area contributed by atoms with Crippen LogP contribution in [-0.4, -0.2) is 43.1 Å². The summed E-state index contributed by atoms with van der Waals surface area (Å²) in [4.78, 5) is 2.34. The van der Waals surface area contributed by atoms with Gasteiger partial charge in [0.15, 0.2) is 0 Å². The zero-order valence-electron chi connectivity index (χ0n) is 11.6. The molecule has 0 bridgehead atoms. The highest BCUT2D eigenvalue weighted by atomic mass is 32.2. The Morgan fingerprint density at radius 1 is 1.44 bits per heavy atom. The van der Waals surface area contributed by atoms with Crippen molar-refractivity contribution in [2.75, 3.05) is 37.9 Å². The predicted molar refractivity (Wildman–Crippen MR) is 81.4 cm³/mol. The number of hydrogen-bond acceptors (Lipinski definition) is 4. The zero-order valence-corrected chi connectivity index (χ0v) is 12.4. The van der Waals surface area contributed by atoms with E-state index >= 15 is 0 Å². The predicted octanol–water partition coefficient (Wildman–Crippen LogP) is 2.72. The van der Waals surface area contributed by atoms with E-state index in [1.54, 1.807) is 0 Å². The second-order valence-corrected chi connectivity index (χ2v) is 5.52. The third-order valence-electron chi connectivity index (χ3n) is 3.06. The van der Waals surface area contributed by atoms with Gasteiger partial charge < -0.3 is 15.4 Å². The van der Waals surface area contributed by atoms with Crippen molar-refractivity contribution >= 4 is 17.4 Å². The lowest BCUT2D eigenvalue weighted by atomic mass is 10.2. The number of likely N-dealkylation sites (N-methyl/N-ethyl adjacent to an activating group) is 1. The maximum atomic E-state index is 5.70. The van der Waals surface area contributed by atoms with Crippen LogP contribution in [0.1, 0.15) is 13.3 Å². The second-order valence-electron chi connectivity index (χ2n) is 4.53. The first-order valence-electron chi connectivity index (χ1n) is 6.31. The first-order chi connectivity index (χ1) is 8.63. The van der Waals surface area contributed by atoms with Crippen LogP contribution in [0.5, 0.6) is 5.75 Å². The van der Waals surface area contributed by atoms with Crippen LogP contribution < -0.4 is 10.5 Å². The molecule has 0 heterocycles. The molecule has 0 saturated heterocycles. The lowest BCUT2D eigenvalue weighted by Gasteiger charge is -2.24. The van der Waals surface area contributed by atoms with Crippen molar-refractivity contribution in [3.05, 3.63) is 24.3 Å². The molecule has 1 rings (SSSR count). The van der Waals surface area contributed by atoms with Crippen molar-refractivity contribution in [3.8, 4) is 5.75 Å². The summed E-state index contributed by atoms with van der Waals surface area (Å²) in [5.74, 6) is 2.06. The summed E-state index contributed by atoms with van der Waals surface area (Å²) in [5, 5.41) is 0. The summed E-state index contributed by atoms with van der Waals surface area (Å²) in [6, 6.07) is 8.17. The van der Waals surface area contributed by atoms with E-state index in [9.17, 15) is 0 Å². The quantitative estimate of drug-likeness (QED) is 0.736. The lowest BCUT2D eigenvalue weighted by molar-refractivity contribution is 0.197. The Hall–Kier alpha value is -0.870. The lowest BCUT2D eigenvalue weighted by Crippen LogP contribution is -2.33. The fourth-order valence-corrected chi connectivity index (χ4v) is 2.22. The number of ether oxygens (including phenoxy) is 1. The minimum absolute atomic E-state index is 0.599. The Labute approximate surface area is 115 Å². The van der Waals surface area contributed by atoms with E-state index in [4.69, 9.17) is 10.5 Å². The third-order valence-corrected chi connectivity index (χ3v) is 3.71. The Morgan fingerprint density at radius 3 is 2.89 bits per heavy atom. The fourth-order valence-electron chi connectivity index (χ4n) is 1.64. The average molecular weight is 268 g/mol. The molecule has 1 unspecified atom stereocenters. The van der Waals surface area contributed by atoms with Crippen molar-refractivity contribution in [2.45, 2.75) is 19.4 Å². The molecular weight excluding hydrogens is 244 g/mol. The molecule has 18 heavy (non-hydrogen) atoms. The van der Waals surface area contributed by atoms with Crippen molar-refractivity contribution in [3.63, 3.8) is 0 Å². The first kappa shape index (κ1) is 15.2. The van der Waals surface area contributed by atoms with Gasteiger partial charge in [0.1, 0.15) is 12.4 Å². The number of nitrogens with zero attached hydrogens (tertiary/aromatic N) is 1. The molecule has 0 spiro atoms. The van der Waals surface area contributed by atoms with E-state index in [0.29, 0.717) is 12.6 Å². The molecule has 4 heteroatoms. The molecule has 1 aromatic carbocycles. The molecule has 0 fully saturated rings. The Morgan fingerprint density at radius 2 is 2.22 bits per heavy atom. The van der Waals surface area contributed by atoms with E-state index in [2.05, 4.69) is 25.1 Å². The zero-order chi connectivity index (χ0) is 13.4. The van der Waals surface area contributed by atoms with Gasteiger partial charge in [-0.1, -0.05) is 6.07 Å². The van der Waals surface area contributed by atoms with Crippen LogP contribution >= 0.6 is 11.8 Å². The molecule has 0 radical (unpaired) electrons. The number of thioether (sulfide) groups is 1. The molecule has 102 valence electrons. The Bertz CT molecular complexity index is 346. The van der Waals surface area contributed by atoms with E-state index in [-0.39, 0.29) is 0 Å². The van der Waals surface area contributed by atoms with Gasteiger partial charge in [-0.15, -0.1) is 0 Å². The van der Waals surface area contributed by atoms with E-state index in [1.807, 2.05) is 36.0 Å². The van der Waals surface area contributed by atoms with Gasteiger partial charge in [-0.25, -0.2) is 0 Å². The van der Waals surface area contributed by atoms with Gasteiger partial charge >= 0.3 is 0 Å². The molecule has 1 atom stereocenters. The smallest absolute Gasteiger partial charge is 0.121 e. The van der Waals surface area contributed by atoms with Crippen molar-refractivity contribution in [1.29, 1.82) is 0 Å². The number of hydrogen-bond donors (Lipinski definition) is 1. The van der Waals surface area contributed by atoms with Crippen LogP contribution in [0.2, 0.25) is 0 Å². The van der Waals surface area contributed by atoms with Crippen LogP contribution in [0.15, 0.2) is 24.3 Å². The van der Waals surface area contributed by atoms with Gasteiger partial charge in [-0.2, -0.15) is 11.8 Å². The van der Waals surface area contributed by atoms with Crippen LogP contribution in [0.25, 0.3) is 0 Å². The van der Waals surface area contributed by atoms with Gasteiger partial charge in [0.05, 0.1) is 0 Å². The highest BCUT2D eigenvalue weighted by molar-refractivity contribution is 7.98. The van der Waals surface area contributed by atoms with Gasteiger partial charge in [0.2, 0.25) is 0 Å². The molecule has 0 aliphatic heterocycles.